The molecule has 1 aromatic carbocycles. The molecule has 0 radical (unpaired) electrons. The zero-order valence-corrected chi connectivity index (χ0v) is 10.5. The van der Waals surface area contributed by atoms with Gasteiger partial charge in [0.05, 0.1) is 11.1 Å². The number of carboxylic acid groups (broad SMARTS) is 1. The molecular formula is C13H11F3N2O2. The Morgan fingerprint density at radius 3 is 2.60 bits per heavy atom. The lowest BCUT2D eigenvalue weighted by Crippen LogP contribution is -2.13. The number of rotatable bonds is 3. The number of carbonyl (C=O) groups is 1. The molecule has 0 aliphatic carbocycles. The number of benzene rings is 1. The van der Waals surface area contributed by atoms with Crippen molar-refractivity contribution in [3.63, 3.8) is 0 Å². The molecule has 0 amide bonds. The van der Waals surface area contributed by atoms with Crippen LogP contribution in [0, 0.1) is 0 Å². The first-order chi connectivity index (χ1) is 9.29. The molecule has 2 rings (SSSR count). The second-order valence-electron chi connectivity index (χ2n) is 4.31. The molecule has 106 valence electrons. The fourth-order valence-corrected chi connectivity index (χ4v) is 1.87. The second kappa shape index (κ2) is 4.99. The number of alkyl halides is 3. The Bertz CT molecular complexity index is 647. The van der Waals surface area contributed by atoms with E-state index in [0.717, 1.165) is 12.1 Å². The lowest BCUT2D eigenvalue weighted by Gasteiger charge is -2.12. The van der Waals surface area contributed by atoms with Gasteiger partial charge in [0.25, 0.3) is 0 Å². The lowest BCUT2D eigenvalue weighted by atomic mass is 10.0. The van der Waals surface area contributed by atoms with Crippen molar-refractivity contribution in [1.29, 1.82) is 0 Å². The summed E-state index contributed by atoms with van der Waals surface area (Å²) < 4.78 is 40.3. The molecule has 4 nitrogen and oxygen atoms in total. The highest BCUT2D eigenvalue weighted by Gasteiger charge is 2.35. The van der Waals surface area contributed by atoms with Gasteiger partial charge in [-0.05, 0) is 17.7 Å². The van der Waals surface area contributed by atoms with Gasteiger partial charge in [-0.25, -0.2) is 9.78 Å². The summed E-state index contributed by atoms with van der Waals surface area (Å²) in [6.45, 7) is 0. The van der Waals surface area contributed by atoms with Gasteiger partial charge in [-0.15, -0.1) is 0 Å². The topological polar surface area (TPSA) is 55.1 Å². The predicted octanol–water partition coefficient (Wildman–Crippen LogP) is 2.73. The first kappa shape index (κ1) is 14.1. The van der Waals surface area contributed by atoms with E-state index in [2.05, 4.69) is 4.98 Å². The van der Waals surface area contributed by atoms with Crippen molar-refractivity contribution < 1.29 is 23.1 Å². The standard InChI is InChI=1S/C13H11F3N2O2/c1-18-5-4-17-11(18)7-8-2-3-9(12(19)20)10(6-8)13(14,15)16/h2-6H,7H2,1H3,(H,19,20). The SMILES string of the molecule is Cn1ccnc1Cc1ccc(C(=O)O)c(C(F)(F)F)c1. The predicted molar refractivity (Wildman–Crippen MR) is 64.4 cm³/mol. The third-order valence-electron chi connectivity index (χ3n) is 2.90. The van der Waals surface area contributed by atoms with E-state index >= 15 is 0 Å². The average molecular weight is 284 g/mol. The van der Waals surface area contributed by atoms with E-state index in [9.17, 15) is 18.0 Å². The van der Waals surface area contributed by atoms with Crippen LogP contribution >= 0.6 is 0 Å². The fraction of sp³-hybridized carbons (Fsp3) is 0.231. The highest BCUT2D eigenvalue weighted by atomic mass is 19.4. The molecule has 1 N–H and O–H groups in total. The van der Waals surface area contributed by atoms with E-state index in [0.29, 0.717) is 11.4 Å². The molecule has 0 atom stereocenters. The van der Waals surface area contributed by atoms with Crippen molar-refractivity contribution in [2.24, 2.45) is 7.05 Å². The van der Waals surface area contributed by atoms with Crippen LogP contribution in [-0.2, 0) is 19.6 Å². The van der Waals surface area contributed by atoms with E-state index in [1.807, 2.05) is 0 Å². The van der Waals surface area contributed by atoms with Crippen LogP contribution in [0.25, 0.3) is 0 Å². The third kappa shape index (κ3) is 2.81. The van der Waals surface area contributed by atoms with E-state index in [-0.39, 0.29) is 6.42 Å². The van der Waals surface area contributed by atoms with Crippen molar-refractivity contribution in [1.82, 2.24) is 9.55 Å². The summed E-state index contributed by atoms with van der Waals surface area (Å²) >= 11 is 0. The smallest absolute Gasteiger partial charge is 0.417 e. The van der Waals surface area contributed by atoms with Gasteiger partial charge in [-0.1, -0.05) is 6.07 Å². The Kier molecular flexibility index (Phi) is 3.52. The van der Waals surface area contributed by atoms with E-state index in [1.54, 1.807) is 24.0 Å². The van der Waals surface area contributed by atoms with Gasteiger partial charge >= 0.3 is 12.1 Å². The molecule has 20 heavy (non-hydrogen) atoms. The summed E-state index contributed by atoms with van der Waals surface area (Å²) in [6.07, 6.45) is -1.27. The number of hydrogen-bond acceptors (Lipinski definition) is 2. The van der Waals surface area contributed by atoms with Crippen LogP contribution in [0.2, 0.25) is 0 Å². The fourth-order valence-electron chi connectivity index (χ4n) is 1.87. The number of imidazole rings is 1. The minimum Gasteiger partial charge on any atom is -0.478 e. The summed E-state index contributed by atoms with van der Waals surface area (Å²) in [7, 11) is 1.73. The normalized spacial score (nSPS) is 11.6. The van der Waals surface area contributed by atoms with Crippen molar-refractivity contribution in [3.05, 3.63) is 53.1 Å². The number of carboxylic acids is 1. The summed E-state index contributed by atoms with van der Waals surface area (Å²) in [5, 5.41) is 8.80. The lowest BCUT2D eigenvalue weighted by molar-refractivity contribution is -0.138. The molecule has 0 spiro atoms. The minimum atomic E-state index is -4.70. The zero-order valence-electron chi connectivity index (χ0n) is 10.5. The molecule has 0 aliphatic heterocycles. The van der Waals surface area contributed by atoms with E-state index in [1.165, 1.54) is 6.07 Å². The maximum absolute atomic E-state index is 12.9. The van der Waals surface area contributed by atoms with Gasteiger partial charge in [0.1, 0.15) is 5.82 Å². The zero-order chi connectivity index (χ0) is 14.9. The van der Waals surface area contributed by atoms with Gasteiger partial charge in [0.2, 0.25) is 0 Å². The van der Waals surface area contributed by atoms with Gasteiger partial charge in [0.15, 0.2) is 0 Å². The minimum absolute atomic E-state index is 0.201. The van der Waals surface area contributed by atoms with E-state index in [4.69, 9.17) is 5.11 Å². The quantitative estimate of drug-likeness (QED) is 0.942. The van der Waals surface area contributed by atoms with Crippen LogP contribution < -0.4 is 0 Å². The van der Waals surface area contributed by atoms with Gasteiger partial charge in [-0.3, -0.25) is 0 Å². The Morgan fingerprint density at radius 1 is 1.40 bits per heavy atom. The largest absolute Gasteiger partial charge is 0.478 e. The van der Waals surface area contributed by atoms with Crippen LogP contribution in [0.1, 0.15) is 27.3 Å². The number of halogens is 3. The summed E-state index contributed by atoms with van der Waals surface area (Å²) in [4.78, 5) is 14.9. The van der Waals surface area contributed by atoms with Crippen LogP contribution in [0.3, 0.4) is 0 Å². The van der Waals surface area contributed by atoms with E-state index < -0.39 is 23.3 Å². The molecule has 7 heteroatoms. The van der Waals surface area contributed by atoms with Crippen LogP contribution in [0.5, 0.6) is 0 Å². The van der Waals surface area contributed by atoms with Gasteiger partial charge in [0, 0.05) is 25.9 Å². The number of aromatic nitrogens is 2. The Morgan fingerprint density at radius 2 is 2.10 bits per heavy atom. The highest BCUT2D eigenvalue weighted by Crippen LogP contribution is 2.33. The molecule has 0 fully saturated rings. The molecule has 0 aliphatic rings. The van der Waals surface area contributed by atoms with Crippen LogP contribution in [0.4, 0.5) is 13.2 Å². The first-order valence-corrected chi connectivity index (χ1v) is 5.68. The molecular weight excluding hydrogens is 273 g/mol. The monoisotopic (exact) mass is 284 g/mol. The number of nitrogens with zero attached hydrogens (tertiary/aromatic N) is 2. The van der Waals surface area contributed by atoms with Crippen molar-refractivity contribution in [2.45, 2.75) is 12.6 Å². The molecule has 1 aromatic heterocycles. The number of aromatic carboxylic acids is 1. The van der Waals surface area contributed by atoms with Gasteiger partial charge in [-0.2, -0.15) is 13.2 Å². The van der Waals surface area contributed by atoms with Crippen molar-refractivity contribution in [3.8, 4) is 0 Å². The van der Waals surface area contributed by atoms with Crippen molar-refractivity contribution in [2.75, 3.05) is 0 Å². The second-order valence-corrected chi connectivity index (χ2v) is 4.31. The van der Waals surface area contributed by atoms with Gasteiger partial charge < -0.3 is 9.67 Å². The van der Waals surface area contributed by atoms with Crippen molar-refractivity contribution >= 4 is 5.97 Å². The Labute approximate surface area is 112 Å². The maximum Gasteiger partial charge on any atom is 0.417 e. The third-order valence-corrected chi connectivity index (χ3v) is 2.90. The Balaban J connectivity index is 2.42. The Hall–Kier alpha value is -2.31. The van der Waals surface area contributed by atoms with Crippen LogP contribution in [-0.4, -0.2) is 20.6 Å². The number of hydrogen-bond donors (Lipinski definition) is 1. The summed E-state index contributed by atoms with van der Waals surface area (Å²) in [5.41, 5.74) is -1.53. The summed E-state index contributed by atoms with van der Waals surface area (Å²) in [6, 6.07) is 3.20. The molecule has 2 aromatic rings. The first-order valence-electron chi connectivity index (χ1n) is 5.68. The van der Waals surface area contributed by atoms with Crippen LogP contribution in [0.15, 0.2) is 30.6 Å². The maximum atomic E-state index is 12.9. The molecule has 1 heterocycles. The molecule has 0 saturated heterocycles. The number of aryl methyl sites for hydroxylation is 1. The highest BCUT2D eigenvalue weighted by molar-refractivity contribution is 5.89. The molecule has 0 unspecified atom stereocenters. The molecule has 0 bridgehead atoms. The average Bonchev–Trinajstić information content (AvgIpc) is 2.73. The summed E-state index contributed by atoms with van der Waals surface area (Å²) in [5.74, 6) is -0.998. The molecule has 0 saturated carbocycles.